The highest BCUT2D eigenvalue weighted by atomic mass is 32.2. The van der Waals surface area contributed by atoms with Gasteiger partial charge in [-0.1, -0.05) is 35.9 Å². The van der Waals surface area contributed by atoms with E-state index in [2.05, 4.69) is 5.32 Å². The Morgan fingerprint density at radius 1 is 1.04 bits per heavy atom. The maximum Gasteiger partial charge on any atom is 0.407 e. The number of alkyl carbamates (subject to hydrolysis) is 1. The van der Waals surface area contributed by atoms with Crippen LogP contribution in [-0.2, 0) is 14.8 Å². The Bertz CT molecular complexity index is 873. The Kier molecular flexibility index (Phi) is 7.07. The van der Waals surface area contributed by atoms with Gasteiger partial charge < -0.3 is 10.1 Å². The molecule has 7 heteroatoms. The van der Waals surface area contributed by atoms with Crippen molar-refractivity contribution in [1.82, 2.24) is 5.32 Å². The minimum absolute atomic E-state index is 0.232. The lowest BCUT2D eigenvalue weighted by Gasteiger charge is -2.25. The summed E-state index contributed by atoms with van der Waals surface area (Å²) in [6, 6.07) is 15.7. The first kappa shape index (κ1) is 21.8. The van der Waals surface area contributed by atoms with Crippen LogP contribution in [0.25, 0.3) is 0 Å². The summed E-state index contributed by atoms with van der Waals surface area (Å²) >= 11 is 0. The summed E-state index contributed by atoms with van der Waals surface area (Å²) in [5, 5.41) is 2.66. The van der Waals surface area contributed by atoms with E-state index in [0.717, 1.165) is 5.56 Å². The second-order valence-electron chi connectivity index (χ2n) is 7.51. The first-order valence-electron chi connectivity index (χ1n) is 9.21. The van der Waals surface area contributed by atoms with E-state index >= 15 is 0 Å². The van der Waals surface area contributed by atoms with Crippen molar-refractivity contribution in [3.8, 4) is 0 Å². The molecule has 2 rings (SSSR count). The number of carbonyl (C=O) groups is 1. The molecule has 1 N–H and O–H groups in total. The Balaban J connectivity index is 2.11. The smallest absolute Gasteiger partial charge is 0.407 e. The summed E-state index contributed by atoms with van der Waals surface area (Å²) < 4.78 is 32.9. The van der Waals surface area contributed by atoms with Crippen molar-refractivity contribution < 1.29 is 17.9 Å². The molecule has 0 saturated heterocycles. The van der Waals surface area contributed by atoms with Gasteiger partial charge in [-0.15, -0.1) is 0 Å². The van der Waals surface area contributed by atoms with E-state index in [1.54, 1.807) is 69.3 Å². The SMILES string of the molecule is Cc1ccc(S(=O)(=O)N(CCCNC(=O)OC(C)(C)C)c2ccccc2)cc1. The molecule has 6 nitrogen and oxygen atoms in total. The first-order valence-corrected chi connectivity index (χ1v) is 10.6. The molecule has 2 aromatic carbocycles. The Morgan fingerprint density at radius 2 is 1.64 bits per heavy atom. The average Bonchev–Trinajstić information content (AvgIpc) is 2.61. The lowest BCUT2D eigenvalue weighted by Crippen LogP contribution is -2.36. The molecule has 0 aromatic heterocycles. The summed E-state index contributed by atoms with van der Waals surface area (Å²) in [7, 11) is -3.71. The fraction of sp³-hybridized carbons (Fsp3) is 0.381. The van der Waals surface area contributed by atoms with Crippen molar-refractivity contribution in [2.24, 2.45) is 0 Å². The summed E-state index contributed by atoms with van der Waals surface area (Å²) in [4.78, 5) is 12.0. The van der Waals surface area contributed by atoms with Crippen LogP contribution >= 0.6 is 0 Å². The molecule has 0 fully saturated rings. The lowest BCUT2D eigenvalue weighted by atomic mass is 10.2. The van der Waals surface area contributed by atoms with Gasteiger partial charge in [-0.25, -0.2) is 13.2 Å². The van der Waals surface area contributed by atoms with Crippen LogP contribution in [0.5, 0.6) is 0 Å². The van der Waals surface area contributed by atoms with Crippen LogP contribution in [0.1, 0.15) is 32.8 Å². The van der Waals surface area contributed by atoms with Gasteiger partial charge in [0, 0.05) is 13.1 Å². The number of amides is 1. The van der Waals surface area contributed by atoms with Gasteiger partial charge in [0.15, 0.2) is 0 Å². The predicted octanol–water partition coefficient (Wildman–Crippen LogP) is 4.11. The standard InChI is InChI=1S/C21H28N2O4S/c1-17-11-13-19(14-12-17)28(25,26)23(18-9-6-5-7-10-18)16-8-15-22-20(24)27-21(2,3)4/h5-7,9-14H,8,15-16H2,1-4H3,(H,22,24). The molecule has 0 spiro atoms. The summed E-state index contributed by atoms with van der Waals surface area (Å²) in [5.74, 6) is 0. The first-order chi connectivity index (χ1) is 13.1. The molecule has 0 heterocycles. The van der Waals surface area contributed by atoms with Crippen LogP contribution < -0.4 is 9.62 Å². The number of carbonyl (C=O) groups excluding carboxylic acids is 1. The fourth-order valence-electron chi connectivity index (χ4n) is 2.55. The predicted molar refractivity (Wildman–Crippen MR) is 111 cm³/mol. The van der Waals surface area contributed by atoms with E-state index in [1.165, 1.54) is 4.31 Å². The monoisotopic (exact) mass is 404 g/mol. The third-order valence-corrected chi connectivity index (χ3v) is 5.70. The van der Waals surface area contributed by atoms with Crippen LogP contribution in [0.15, 0.2) is 59.5 Å². The quantitative estimate of drug-likeness (QED) is 0.705. The van der Waals surface area contributed by atoms with E-state index in [9.17, 15) is 13.2 Å². The molecule has 0 saturated carbocycles. The van der Waals surface area contributed by atoms with Crippen LogP contribution in [0.4, 0.5) is 10.5 Å². The molecule has 2 aromatic rings. The summed E-state index contributed by atoms with van der Waals surface area (Å²) in [5.41, 5.74) is 1.00. The molecule has 0 aliphatic carbocycles. The zero-order valence-corrected chi connectivity index (χ0v) is 17.6. The van der Waals surface area contributed by atoms with E-state index in [1.807, 2.05) is 13.0 Å². The van der Waals surface area contributed by atoms with Gasteiger partial charge in [0.1, 0.15) is 5.60 Å². The van der Waals surface area contributed by atoms with E-state index < -0.39 is 21.7 Å². The molecule has 1 amide bonds. The number of rotatable bonds is 7. The van der Waals surface area contributed by atoms with Crippen molar-refractivity contribution in [2.45, 2.75) is 44.6 Å². The maximum atomic E-state index is 13.2. The van der Waals surface area contributed by atoms with Crippen LogP contribution in [0, 0.1) is 6.92 Å². The third kappa shape index (κ3) is 6.27. The number of benzene rings is 2. The van der Waals surface area contributed by atoms with Crippen molar-refractivity contribution in [1.29, 1.82) is 0 Å². The highest BCUT2D eigenvalue weighted by Gasteiger charge is 2.24. The van der Waals surface area contributed by atoms with Gasteiger partial charge in [0.2, 0.25) is 0 Å². The third-order valence-electron chi connectivity index (χ3n) is 3.86. The number of nitrogens with zero attached hydrogens (tertiary/aromatic N) is 1. The fourth-order valence-corrected chi connectivity index (χ4v) is 4.05. The minimum atomic E-state index is -3.71. The van der Waals surface area contributed by atoms with Gasteiger partial charge >= 0.3 is 6.09 Å². The molecular formula is C21H28N2O4S. The number of hydrogen-bond acceptors (Lipinski definition) is 4. The molecule has 0 aliphatic heterocycles. The summed E-state index contributed by atoms with van der Waals surface area (Å²) in [6.07, 6.45) is -0.0701. The van der Waals surface area contributed by atoms with E-state index in [-0.39, 0.29) is 11.4 Å². The second kappa shape index (κ2) is 9.10. The highest BCUT2D eigenvalue weighted by molar-refractivity contribution is 7.92. The van der Waals surface area contributed by atoms with E-state index in [0.29, 0.717) is 18.7 Å². The van der Waals surface area contributed by atoms with Gasteiger partial charge in [-0.05, 0) is 58.4 Å². The Hall–Kier alpha value is -2.54. The molecule has 0 radical (unpaired) electrons. The molecule has 0 unspecified atom stereocenters. The van der Waals surface area contributed by atoms with Crippen molar-refractivity contribution >= 4 is 21.8 Å². The zero-order chi connectivity index (χ0) is 20.8. The zero-order valence-electron chi connectivity index (χ0n) is 16.8. The molecule has 0 aliphatic rings. The maximum absolute atomic E-state index is 13.2. The molecule has 152 valence electrons. The van der Waals surface area contributed by atoms with Gasteiger partial charge in [0.25, 0.3) is 10.0 Å². The van der Waals surface area contributed by atoms with E-state index in [4.69, 9.17) is 4.74 Å². The van der Waals surface area contributed by atoms with Gasteiger partial charge in [0.05, 0.1) is 10.6 Å². The Labute approximate surface area is 167 Å². The second-order valence-corrected chi connectivity index (χ2v) is 9.37. The number of hydrogen-bond donors (Lipinski definition) is 1. The number of sulfonamides is 1. The lowest BCUT2D eigenvalue weighted by molar-refractivity contribution is 0.0527. The van der Waals surface area contributed by atoms with Crippen LogP contribution in [0.3, 0.4) is 0 Å². The number of aryl methyl sites for hydroxylation is 1. The number of ether oxygens (including phenoxy) is 1. The van der Waals surface area contributed by atoms with Crippen LogP contribution in [0.2, 0.25) is 0 Å². The van der Waals surface area contributed by atoms with Gasteiger partial charge in [-0.3, -0.25) is 4.31 Å². The highest BCUT2D eigenvalue weighted by Crippen LogP contribution is 2.24. The molecule has 0 bridgehead atoms. The largest absolute Gasteiger partial charge is 0.444 e. The van der Waals surface area contributed by atoms with Crippen molar-refractivity contribution in [2.75, 3.05) is 17.4 Å². The topological polar surface area (TPSA) is 75.7 Å². The molecule has 28 heavy (non-hydrogen) atoms. The number of para-hydroxylation sites is 1. The average molecular weight is 405 g/mol. The molecule has 0 atom stereocenters. The summed E-state index contributed by atoms with van der Waals surface area (Å²) in [6.45, 7) is 7.82. The van der Waals surface area contributed by atoms with Crippen LogP contribution in [-0.4, -0.2) is 33.2 Å². The number of anilines is 1. The minimum Gasteiger partial charge on any atom is -0.444 e. The Morgan fingerprint density at radius 3 is 2.21 bits per heavy atom. The van der Waals surface area contributed by atoms with Crippen molar-refractivity contribution in [3.63, 3.8) is 0 Å². The molecular weight excluding hydrogens is 376 g/mol. The van der Waals surface area contributed by atoms with Crippen molar-refractivity contribution in [3.05, 3.63) is 60.2 Å². The van der Waals surface area contributed by atoms with Gasteiger partial charge in [-0.2, -0.15) is 0 Å². The normalized spacial score (nSPS) is 11.7. The number of nitrogens with one attached hydrogen (secondary N) is 1.